The van der Waals surface area contributed by atoms with Crippen molar-refractivity contribution in [2.75, 3.05) is 19.8 Å². The fourth-order valence-corrected chi connectivity index (χ4v) is 5.42. The summed E-state index contributed by atoms with van der Waals surface area (Å²) >= 11 is 0. The average Bonchev–Trinajstić information content (AvgIpc) is 3.09. The van der Waals surface area contributed by atoms with Crippen LogP contribution in [0.15, 0.2) is 48.6 Å². The van der Waals surface area contributed by atoms with Crippen LogP contribution in [0.3, 0.4) is 0 Å². The molecule has 0 radical (unpaired) electrons. The van der Waals surface area contributed by atoms with E-state index in [1.807, 2.05) is 18.2 Å². The van der Waals surface area contributed by atoms with E-state index in [9.17, 15) is 28.9 Å². The van der Waals surface area contributed by atoms with Gasteiger partial charge >= 0.3 is 25.7 Å². The van der Waals surface area contributed by atoms with Gasteiger partial charge in [0, 0.05) is 12.8 Å². The molecule has 294 valence electrons. The number of aliphatic hydroxyl groups excluding tert-OH is 1. The van der Waals surface area contributed by atoms with Gasteiger partial charge in [-0.2, -0.15) is 0 Å². The van der Waals surface area contributed by atoms with Crippen molar-refractivity contribution in [1.29, 1.82) is 0 Å². The van der Waals surface area contributed by atoms with Crippen LogP contribution >= 0.6 is 7.82 Å². The first-order valence-electron chi connectivity index (χ1n) is 18.8. The number of carboxylic acid groups (broad SMARTS) is 1. The molecule has 5 N–H and O–H groups in total. The minimum absolute atomic E-state index is 0.128. The Labute approximate surface area is 306 Å². The molecular formula is C38H66NO11P. The van der Waals surface area contributed by atoms with Crippen LogP contribution in [0.25, 0.3) is 0 Å². The zero-order valence-electron chi connectivity index (χ0n) is 31.0. The summed E-state index contributed by atoms with van der Waals surface area (Å²) in [5.41, 5.74) is 5.30. The Hall–Kier alpha value is -2.60. The summed E-state index contributed by atoms with van der Waals surface area (Å²) in [6.07, 6.45) is 30.7. The number of aliphatic carboxylic acids is 1. The van der Waals surface area contributed by atoms with Crippen LogP contribution in [0.4, 0.5) is 0 Å². The van der Waals surface area contributed by atoms with E-state index in [0.717, 1.165) is 77.0 Å². The summed E-state index contributed by atoms with van der Waals surface area (Å²) in [6.45, 7) is 2.49. The van der Waals surface area contributed by atoms with Crippen LogP contribution in [0, 0.1) is 0 Å². The van der Waals surface area contributed by atoms with Gasteiger partial charge in [0.2, 0.25) is 0 Å². The van der Waals surface area contributed by atoms with Crippen molar-refractivity contribution < 1.29 is 52.6 Å². The van der Waals surface area contributed by atoms with E-state index >= 15 is 0 Å². The SMILES string of the molecule is CC/C=C/C/C=C/C=C/C(O)CCCCCCCC(=O)OC[C@H](COP(=O)(O)OC[C@H](N)C(=O)O)OC(=O)CCCCCCC/C=C\CCCC. The molecule has 0 amide bonds. The third-order valence-corrected chi connectivity index (χ3v) is 8.62. The van der Waals surface area contributed by atoms with Crippen molar-refractivity contribution >= 4 is 25.7 Å². The normalized spacial score (nSPS) is 15.1. The van der Waals surface area contributed by atoms with Gasteiger partial charge in [-0.1, -0.05) is 120 Å². The number of rotatable bonds is 34. The van der Waals surface area contributed by atoms with Gasteiger partial charge in [0.1, 0.15) is 12.6 Å². The Kier molecular flexibility index (Phi) is 31.6. The molecule has 0 spiro atoms. The predicted octanol–water partition coefficient (Wildman–Crippen LogP) is 8.02. The molecule has 12 nitrogen and oxygen atoms in total. The molecule has 13 heteroatoms. The number of hydrogen-bond acceptors (Lipinski definition) is 10. The van der Waals surface area contributed by atoms with Crippen LogP contribution in [-0.2, 0) is 37.5 Å². The molecule has 0 rings (SSSR count). The molecule has 0 fully saturated rings. The number of ether oxygens (including phenoxy) is 2. The highest BCUT2D eigenvalue weighted by molar-refractivity contribution is 7.47. The van der Waals surface area contributed by atoms with Gasteiger partial charge in [-0.15, -0.1) is 0 Å². The fraction of sp³-hybridized carbons (Fsp3) is 0.711. The van der Waals surface area contributed by atoms with E-state index < -0.39 is 57.2 Å². The molecular weight excluding hydrogens is 677 g/mol. The first kappa shape index (κ1) is 48.4. The molecule has 0 saturated carbocycles. The number of nitrogens with two attached hydrogens (primary N) is 1. The maximum absolute atomic E-state index is 12.5. The number of unbranched alkanes of at least 4 members (excludes halogenated alkanes) is 11. The van der Waals surface area contributed by atoms with E-state index in [1.165, 1.54) is 12.8 Å². The van der Waals surface area contributed by atoms with Crippen LogP contribution in [0.2, 0.25) is 0 Å². The molecule has 0 aromatic rings. The Morgan fingerprint density at radius 1 is 0.725 bits per heavy atom. The number of hydrogen-bond donors (Lipinski definition) is 4. The number of phosphoric acid groups is 1. The van der Waals surface area contributed by atoms with Crippen molar-refractivity contribution in [3.63, 3.8) is 0 Å². The second kappa shape index (κ2) is 33.3. The standard InChI is InChI=1S/C38H66NO11P/c1-3-5-7-9-11-12-13-14-16-20-25-29-37(42)50-34(31-48-51(45,46)49-32-35(39)38(43)44)30-47-36(41)28-24-21-17-19-23-27-33(40)26-22-18-15-10-8-6-4-2/h6,8-9,11,15,18,22,26,33-35,40H,3-5,7,10,12-14,16-17,19-21,23-25,27-32,39H2,1-2H3,(H,43,44)(H,45,46)/b8-6+,11-9-,18-15+,26-22+/t33?,34-,35+/m1/s1. The van der Waals surface area contributed by atoms with Gasteiger partial charge < -0.3 is 30.3 Å². The highest BCUT2D eigenvalue weighted by atomic mass is 31.2. The largest absolute Gasteiger partial charge is 0.480 e. The zero-order valence-corrected chi connectivity index (χ0v) is 31.9. The first-order chi connectivity index (χ1) is 24.5. The molecule has 0 heterocycles. The van der Waals surface area contributed by atoms with Crippen molar-refractivity contribution in [3.05, 3.63) is 48.6 Å². The molecule has 0 aliphatic carbocycles. The van der Waals surface area contributed by atoms with Gasteiger partial charge in [0.25, 0.3) is 0 Å². The van der Waals surface area contributed by atoms with Crippen molar-refractivity contribution in [3.8, 4) is 0 Å². The van der Waals surface area contributed by atoms with Crippen molar-refractivity contribution in [2.45, 2.75) is 154 Å². The summed E-state index contributed by atoms with van der Waals surface area (Å²) in [7, 11) is -4.73. The third kappa shape index (κ3) is 33.0. The summed E-state index contributed by atoms with van der Waals surface area (Å²) in [4.78, 5) is 45.7. The second-order valence-electron chi connectivity index (χ2n) is 12.5. The molecule has 0 aliphatic rings. The van der Waals surface area contributed by atoms with Gasteiger partial charge in [-0.05, 0) is 51.4 Å². The third-order valence-electron chi connectivity index (χ3n) is 7.66. The highest BCUT2D eigenvalue weighted by Crippen LogP contribution is 2.43. The van der Waals surface area contributed by atoms with E-state index in [2.05, 4.69) is 42.7 Å². The summed E-state index contributed by atoms with van der Waals surface area (Å²) in [6, 6.07) is -1.54. The molecule has 0 aliphatic heterocycles. The first-order valence-corrected chi connectivity index (χ1v) is 20.3. The van der Waals surface area contributed by atoms with Gasteiger partial charge in [0.15, 0.2) is 6.10 Å². The Balaban J connectivity index is 4.54. The molecule has 0 aromatic heterocycles. The Morgan fingerprint density at radius 3 is 2.00 bits per heavy atom. The number of allylic oxidation sites excluding steroid dienone is 7. The van der Waals surface area contributed by atoms with Crippen LogP contribution in [-0.4, -0.2) is 71.1 Å². The number of carboxylic acids is 1. The fourth-order valence-electron chi connectivity index (χ4n) is 4.64. The van der Waals surface area contributed by atoms with E-state index in [-0.39, 0.29) is 19.4 Å². The van der Waals surface area contributed by atoms with Crippen LogP contribution in [0.5, 0.6) is 0 Å². The monoisotopic (exact) mass is 743 g/mol. The summed E-state index contributed by atoms with van der Waals surface area (Å²) in [5, 5.41) is 18.9. The lowest BCUT2D eigenvalue weighted by molar-refractivity contribution is -0.161. The van der Waals surface area contributed by atoms with Crippen LogP contribution < -0.4 is 5.73 Å². The summed E-state index contributed by atoms with van der Waals surface area (Å²) < 4.78 is 32.4. The predicted molar refractivity (Wildman–Crippen MR) is 200 cm³/mol. The van der Waals surface area contributed by atoms with Gasteiger partial charge in [-0.3, -0.25) is 23.4 Å². The lowest BCUT2D eigenvalue weighted by Gasteiger charge is -2.20. The lowest BCUT2D eigenvalue weighted by Crippen LogP contribution is -2.34. The second-order valence-corrected chi connectivity index (χ2v) is 14.0. The molecule has 0 aromatic carbocycles. The number of phosphoric ester groups is 1. The minimum atomic E-state index is -4.73. The van der Waals surface area contributed by atoms with Gasteiger partial charge in [-0.25, -0.2) is 4.57 Å². The highest BCUT2D eigenvalue weighted by Gasteiger charge is 2.28. The molecule has 2 unspecified atom stereocenters. The van der Waals surface area contributed by atoms with Gasteiger partial charge in [0.05, 0.1) is 19.3 Å². The van der Waals surface area contributed by atoms with E-state index in [1.54, 1.807) is 6.08 Å². The quantitative estimate of drug-likeness (QED) is 0.0163. The molecule has 4 atom stereocenters. The number of aliphatic hydroxyl groups is 1. The lowest BCUT2D eigenvalue weighted by atomic mass is 10.1. The van der Waals surface area contributed by atoms with E-state index in [0.29, 0.717) is 19.3 Å². The van der Waals surface area contributed by atoms with Crippen molar-refractivity contribution in [1.82, 2.24) is 0 Å². The maximum atomic E-state index is 12.5. The number of carbonyl (C=O) groups excluding carboxylic acids is 2. The zero-order chi connectivity index (χ0) is 38.0. The smallest absolute Gasteiger partial charge is 0.472 e. The van der Waals surface area contributed by atoms with Crippen molar-refractivity contribution in [2.24, 2.45) is 5.73 Å². The number of esters is 2. The van der Waals surface area contributed by atoms with Crippen LogP contribution in [0.1, 0.15) is 136 Å². The maximum Gasteiger partial charge on any atom is 0.472 e. The molecule has 51 heavy (non-hydrogen) atoms. The molecule has 0 saturated heterocycles. The minimum Gasteiger partial charge on any atom is -0.480 e. The molecule has 0 bridgehead atoms. The summed E-state index contributed by atoms with van der Waals surface area (Å²) in [5.74, 6) is -2.49. The average molecular weight is 744 g/mol. The van der Waals surface area contributed by atoms with E-state index in [4.69, 9.17) is 24.8 Å². The Morgan fingerprint density at radius 2 is 1.33 bits per heavy atom. The number of carbonyl (C=O) groups is 3. The topological polar surface area (TPSA) is 192 Å². The Bertz CT molecular complexity index is 1080.